The predicted octanol–water partition coefficient (Wildman–Crippen LogP) is 2.31. The first-order valence-electron chi connectivity index (χ1n) is 6.77. The molecule has 0 spiro atoms. The Morgan fingerprint density at radius 1 is 1.44 bits per heavy atom. The number of hydrogen-bond acceptors (Lipinski definition) is 2. The molecule has 1 amide bonds. The number of carbonyl (C=O) groups is 1. The van der Waals surface area contributed by atoms with E-state index in [1.54, 1.807) is 0 Å². The Labute approximate surface area is 109 Å². The Morgan fingerprint density at radius 3 is 2.94 bits per heavy atom. The Bertz CT molecular complexity index is 411. The first-order chi connectivity index (χ1) is 8.66. The van der Waals surface area contributed by atoms with Crippen LogP contribution in [-0.4, -0.2) is 18.5 Å². The maximum Gasteiger partial charge on any atom is 0.237 e. The molecule has 0 aliphatic carbocycles. The van der Waals surface area contributed by atoms with Crippen LogP contribution in [-0.2, 0) is 4.79 Å². The second kappa shape index (κ2) is 6.01. The summed E-state index contributed by atoms with van der Waals surface area (Å²) in [6.45, 7) is 5.06. The first-order valence-corrected chi connectivity index (χ1v) is 6.77. The van der Waals surface area contributed by atoms with Crippen LogP contribution in [0.25, 0.3) is 0 Å². The zero-order valence-corrected chi connectivity index (χ0v) is 11.2. The van der Waals surface area contributed by atoms with Gasteiger partial charge >= 0.3 is 0 Å². The van der Waals surface area contributed by atoms with E-state index in [9.17, 15) is 4.79 Å². The molecule has 1 unspecified atom stereocenters. The minimum absolute atomic E-state index is 0.00832. The molecule has 3 nitrogen and oxygen atoms in total. The van der Waals surface area contributed by atoms with Gasteiger partial charge in [0.1, 0.15) is 0 Å². The Balaban J connectivity index is 1.94. The van der Waals surface area contributed by atoms with Crippen LogP contribution < -0.4 is 10.6 Å². The molecule has 2 atom stereocenters. The van der Waals surface area contributed by atoms with Gasteiger partial charge in [0.25, 0.3) is 0 Å². The van der Waals surface area contributed by atoms with Gasteiger partial charge in [-0.25, -0.2) is 0 Å². The quantitative estimate of drug-likeness (QED) is 0.859. The van der Waals surface area contributed by atoms with Gasteiger partial charge in [0.05, 0.1) is 12.1 Å². The minimum atomic E-state index is -0.00832. The van der Waals surface area contributed by atoms with Crippen LogP contribution >= 0.6 is 0 Å². The molecule has 0 aromatic heterocycles. The van der Waals surface area contributed by atoms with Crippen LogP contribution in [0.5, 0.6) is 0 Å². The normalized spacial score (nSPS) is 21.3. The maximum absolute atomic E-state index is 12.1. The molecule has 1 heterocycles. The molecule has 1 aromatic carbocycles. The number of rotatable bonds is 3. The number of amides is 1. The lowest BCUT2D eigenvalue weighted by Crippen LogP contribution is -2.47. The molecule has 0 saturated carbocycles. The number of piperidine rings is 1. The lowest BCUT2D eigenvalue weighted by atomic mass is 10.0. The molecule has 1 aliphatic heterocycles. The number of carbonyl (C=O) groups excluding carboxylic acids is 1. The van der Waals surface area contributed by atoms with Crippen molar-refractivity contribution in [1.29, 1.82) is 0 Å². The zero-order chi connectivity index (χ0) is 13.0. The third-order valence-electron chi connectivity index (χ3n) is 3.53. The van der Waals surface area contributed by atoms with Crippen molar-refractivity contribution < 1.29 is 4.79 Å². The summed E-state index contributed by atoms with van der Waals surface area (Å²) in [5.41, 5.74) is 2.39. The van der Waals surface area contributed by atoms with Gasteiger partial charge in [-0.05, 0) is 38.8 Å². The fraction of sp³-hybridized carbons (Fsp3) is 0.533. The lowest BCUT2D eigenvalue weighted by Gasteiger charge is -2.24. The average Bonchev–Trinajstić information content (AvgIpc) is 2.39. The molecular weight excluding hydrogens is 224 g/mol. The van der Waals surface area contributed by atoms with Crippen LogP contribution in [0.15, 0.2) is 24.3 Å². The highest BCUT2D eigenvalue weighted by atomic mass is 16.2. The maximum atomic E-state index is 12.1. The smallest absolute Gasteiger partial charge is 0.237 e. The van der Waals surface area contributed by atoms with Gasteiger partial charge in [-0.15, -0.1) is 0 Å². The van der Waals surface area contributed by atoms with Crippen molar-refractivity contribution >= 4 is 5.91 Å². The van der Waals surface area contributed by atoms with Crippen LogP contribution in [0.3, 0.4) is 0 Å². The van der Waals surface area contributed by atoms with Crippen LogP contribution in [0.2, 0.25) is 0 Å². The molecule has 0 bridgehead atoms. The summed E-state index contributed by atoms with van der Waals surface area (Å²) >= 11 is 0. The second-order valence-electron chi connectivity index (χ2n) is 5.15. The van der Waals surface area contributed by atoms with Crippen molar-refractivity contribution in [3.05, 3.63) is 35.4 Å². The Morgan fingerprint density at radius 2 is 2.28 bits per heavy atom. The van der Waals surface area contributed by atoms with E-state index >= 15 is 0 Å². The van der Waals surface area contributed by atoms with E-state index in [1.165, 1.54) is 17.5 Å². The first kappa shape index (κ1) is 13.1. The molecule has 1 saturated heterocycles. The van der Waals surface area contributed by atoms with Gasteiger partial charge in [-0.3, -0.25) is 4.79 Å². The van der Waals surface area contributed by atoms with E-state index in [-0.39, 0.29) is 18.0 Å². The third kappa shape index (κ3) is 3.33. The van der Waals surface area contributed by atoms with Gasteiger partial charge in [-0.1, -0.05) is 36.2 Å². The van der Waals surface area contributed by atoms with Gasteiger partial charge in [0.15, 0.2) is 0 Å². The van der Waals surface area contributed by atoms with Gasteiger partial charge in [-0.2, -0.15) is 0 Å². The highest BCUT2D eigenvalue weighted by Crippen LogP contribution is 2.15. The van der Waals surface area contributed by atoms with Crippen molar-refractivity contribution in [3.8, 4) is 0 Å². The Hall–Kier alpha value is -1.35. The highest BCUT2D eigenvalue weighted by molar-refractivity contribution is 5.82. The van der Waals surface area contributed by atoms with E-state index in [0.717, 1.165) is 19.4 Å². The van der Waals surface area contributed by atoms with Crippen LogP contribution in [0.1, 0.15) is 43.4 Å². The molecule has 1 aliphatic rings. The SMILES string of the molecule is Cc1cccc([C@@H](C)NC(=O)C2CCCCN2)c1. The summed E-state index contributed by atoms with van der Waals surface area (Å²) in [7, 11) is 0. The fourth-order valence-electron chi connectivity index (χ4n) is 2.41. The van der Waals surface area contributed by atoms with Crippen LogP contribution in [0.4, 0.5) is 0 Å². The average molecular weight is 246 g/mol. The predicted molar refractivity (Wildman–Crippen MR) is 73.4 cm³/mol. The summed E-state index contributed by atoms with van der Waals surface area (Å²) < 4.78 is 0. The second-order valence-corrected chi connectivity index (χ2v) is 5.15. The molecular formula is C15H22N2O. The molecule has 18 heavy (non-hydrogen) atoms. The zero-order valence-electron chi connectivity index (χ0n) is 11.2. The van der Waals surface area contributed by atoms with Crippen molar-refractivity contribution in [3.63, 3.8) is 0 Å². The molecule has 2 N–H and O–H groups in total. The standard InChI is InChI=1S/C15H22N2O/c1-11-6-5-7-13(10-11)12(2)17-15(18)14-8-3-4-9-16-14/h5-7,10,12,14,16H,3-4,8-9H2,1-2H3,(H,17,18)/t12-,14?/m1/s1. The lowest BCUT2D eigenvalue weighted by molar-refractivity contribution is -0.124. The van der Waals surface area contributed by atoms with Crippen LogP contribution in [0, 0.1) is 6.92 Å². The molecule has 3 heteroatoms. The van der Waals surface area contributed by atoms with Crippen molar-refractivity contribution in [1.82, 2.24) is 10.6 Å². The fourth-order valence-corrected chi connectivity index (χ4v) is 2.41. The van der Waals surface area contributed by atoms with E-state index in [2.05, 4.69) is 35.8 Å². The topological polar surface area (TPSA) is 41.1 Å². The molecule has 0 radical (unpaired) electrons. The van der Waals surface area contributed by atoms with Crippen molar-refractivity contribution in [2.24, 2.45) is 0 Å². The summed E-state index contributed by atoms with van der Waals surface area (Å²) in [5.74, 6) is 0.128. The minimum Gasteiger partial charge on any atom is -0.348 e. The Kier molecular flexibility index (Phi) is 4.37. The summed E-state index contributed by atoms with van der Waals surface area (Å²) in [6.07, 6.45) is 3.27. The summed E-state index contributed by atoms with van der Waals surface area (Å²) in [6, 6.07) is 8.35. The molecule has 2 rings (SSSR count). The molecule has 98 valence electrons. The number of nitrogens with one attached hydrogen (secondary N) is 2. The summed E-state index contributed by atoms with van der Waals surface area (Å²) in [4.78, 5) is 12.1. The number of benzene rings is 1. The number of aryl methyl sites for hydroxylation is 1. The van der Waals surface area contributed by atoms with E-state index in [1.807, 2.05) is 13.0 Å². The molecule has 1 aromatic rings. The highest BCUT2D eigenvalue weighted by Gasteiger charge is 2.21. The van der Waals surface area contributed by atoms with E-state index in [4.69, 9.17) is 0 Å². The van der Waals surface area contributed by atoms with E-state index < -0.39 is 0 Å². The third-order valence-corrected chi connectivity index (χ3v) is 3.53. The number of hydrogen-bond donors (Lipinski definition) is 2. The van der Waals surface area contributed by atoms with E-state index in [0.29, 0.717) is 0 Å². The largest absolute Gasteiger partial charge is 0.348 e. The van der Waals surface area contributed by atoms with Crippen molar-refractivity contribution in [2.75, 3.05) is 6.54 Å². The van der Waals surface area contributed by atoms with Crippen molar-refractivity contribution in [2.45, 2.75) is 45.2 Å². The van der Waals surface area contributed by atoms with Gasteiger partial charge in [0, 0.05) is 0 Å². The van der Waals surface area contributed by atoms with Gasteiger partial charge in [0.2, 0.25) is 5.91 Å². The monoisotopic (exact) mass is 246 g/mol. The summed E-state index contributed by atoms with van der Waals surface area (Å²) in [5, 5.41) is 6.37. The van der Waals surface area contributed by atoms with Gasteiger partial charge < -0.3 is 10.6 Å². The molecule has 1 fully saturated rings.